The first-order valence-electron chi connectivity index (χ1n) is 5.75. The van der Waals surface area contributed by atoms with Crippen LogP contribution in [-0.4, -0.2) is 34.7 Å². The van der Waals surface area contributed by atoms with Gasteiger partial charge in [-0.2, -0.15) is 0 Å². The number of hydrogen-bond acceptors (Lipinski definition) is 5. The highest BCUT2D eigenvalue weighted by molar-refractivity contribution is 7.89. The highest BCUT2D eigenvalue weighted by atomic mass is 32.2. The zero-order valence-corrected chi connectivity index (χ0v) is 12.5. The van der Waals surface area contributed by atoms with Crippen LogP contribution in [0.25, 0.3) is 0 Å². The van der Waals surface area contributed by atoms with E-state index in [9.17, 15) is 8.42 Å². The van der Waals surface area contributed by atoms with Crippen molar-refractivity contribution in [2.45, 2.75) is 31.3 Å². The summed E-state index contributed by atoms with van der Waals surface area (Å²) in [7, 11) is -1.89. The van der Waals surface area contributed by atoms with Gasteiger partial charge in [0, 0.05) is 31.1 Å². The van der Waals surface area contributed by atoms with Gasteiger partial charge in [-0.25, -0.2) is 13.1 Å². The van der Waals surface area contributed by atoms with E-state index in [1.807, 2.05) is 13.8 Å². The minimum Gasteiger partial charge on any atom is -0.383 e. The Morgan fingerprint density at radius 3 is 2.78 bits per heavy atom. The molecule has 0 unspecified atom stereocenters. The summed E-state index contributed by atoms with van der Waals surface area (Å²) in [5, 5.41) is 5.02. The van der Waals surface area contributed by atoms with Crippen molar-refractivity contribution in [3.63, 3.8) is 0 Å². The van der Waals surface area contributed by atoms with E-state index in [1.165, 1.54) is 18.4 Å². The second-order valence-corrected chi connectivity index (χ2v) is 6.87. The summed E-state index contributed by atoms with van der Waals surface area (Å²) < 4.78 is 31.4. The monoisotopic (exact) mass is 292 g/mol. The third kappa shape index (κ3) is 4.66. The van der Waals surface area contributed by atoms with Gasteiger partial charge in [-0.1, -0.05) is 13.8 Å². The molecular weight excluding hydrogens is 272 g/mol. The Morgan fingerprint density at radius 1 is 1.44 bits per heavy atom. The van der Waals surface area contributed by atoms with E-state index >= 15 is 0 Å². The molecule has 0 saturated carbocycles. The Kier molecular flexibility index (Phi) is 6.24. The Bertz CT molecular complexity index is 455. The summed E-state index contributed by atoms with van der Waals surface area (Å²) in [6.45, 7) is 5.27. The van der Waals surface area contributed by atoms with Crippen molar-refractivity contribution in [1.29, 1.82) is 0 Å². The smallest absolute Gasteiger partial charge is 0.241 e. The molecule has 0 aliphatic heterocycles. The Hall–Kier alpha value is -0.470. The zero-order valence-electron chi connectivity index (χ0n) is 10.9. The first-order chi connectivity index (χ1) is 8.47. The molecule has 0 amide bonds. The molecule has 1 rings (SSSR count). The highest BCUT2D eigenvalue weighted by Crippen LogP contribution is 2.21. The first-order valence-corrected chi connectivity index (χ1v) is 8.12. The van der Waals surface area contributed by atoms with E-state index in [4.69, 9.17) is 4.74 Å². The summed E-state index contributed by atoms with van der Waals surface area (Å²) >= 11 is 1.44. The van der Waals surface area contributed by atoms with Gasteiger partial charge in [-0.05, 0) is 11.4 Å². The summed E-state index contributed by atoms with van der Waals surface area (Å²) in [6.07, 6.45) is 0. The van der Waals surface area contributed by atoms with E-state index in [0.717, 1.165) is 4.88 Å². The molecule has 104 valence electrons. The molecule has 0 aliphatic rings. The van der Waals surface area contributed by atoms with Crippen molar-refractivity contribution in [3.8, 4) is 0 Å². The van der Waals surface area contributed by atoms with Crippen molar-refractivity contribution in [1.82, 2.24) is 10.0 Å². The molecule has 7 heteroatoms. The van der Waals surface area contributed by atoms with Crippen LogP contribution in [0.5, 0.6) is 0 Å². The average molecular weight is 292 g/mol. The topological polar surface area (TPSA) is 67.4 Å². The minimum absolute atomic E-state index is 0.283. The normalized spacial score (nSPS) is 12.2. The summed E-state index contributed by atoms with van der Waals surface area (Å²) in [5.74, 6) is 0. The molecule has 1 aromatic heterocycles. The van der Waals surface area contributed by atoms with Gasteiger partial charge in [0.2, 0.25) is 10.0 Å². The number of thiophene rings is 1. The fourth-order valence-electron chi connectivity index (χ4n) is 1.35. The third-order valence-electron chi connectivity index (χ3n) is 2.26. The van der Waals surface area contributed by atoms with Gasteiger partial charge < -0.3 is 10.1 Å². The number of methoxy groups -OCH3 is 1. The van der Waals surface area contributed by atoms with Crippen LogP contribution in [0.1, 0.15) is 18.7 Å². The van der Waals surface area contributed by atoms with E-state index < -0.39 is 10.0 Å². The molecule has 0 spiro atoms. The van der Waals surface area contributed by atoms with Gasteiger partial charge in [-0.3, -0.25) is 0 Å². The largest absolute Gasteiger partial charge is 0.383 e. The lowest BCUT2D eigenvalue weighted by Gasteiger charge is -2.10. The second kappa shape index (κ2) is 7.20. The molecule has 0 fully saturated rings. The van der Waals surface area contributed by atoms with E-state index in [-0.39, 0.29) is 6.54 Å². The molecule has 2 N–H and O–H groups in total. The van der Waals surface area contributed by atoms with Gasteiger partial charge in [-0.15, -0.1) is 11.3 Å². The molecule has 18 heavy (non-hydrogen) atoms. The fourth-order valence-corrected chi connectivity index (χ4v) is 3.76. The maximum Gasteiger partial charge on any atom is 0.241 e. The summed E-state index contributed by atoms with van der Waals surface area (Å²) in [5.41, 5.74) is 0. The van der Waals surface area contributed by atoms with Crippen LogP contribution in [0, 0.1) is 0 Å². The van der Waals surface area contributed by atoms with Gasteiger partial charge in [0.25, 0.3) is 0 Å². The van der Waals surface area contributed by atoms with E-state index in [0.29, 0.717) is 24.1 Å². The number of hydrogen-bond donors (Lipinski definition) is 2. The molecule has 0 bridgehead atoms. The minimum atomic E-state index is -3.43. The Balaban J connectivity index is 2.73. The molecule has 0 atom stereocenters. The van der Waals surface area contributed by atoms with E-state index in [1.54, 1.807) is 11.4 Å². The van der Waals surface area contributed by atoms with Crippen molar-refractivity contribution in [2.24, 2.45) is 0 Å². The van der Waals surface area contributed by atoms with E-state index in [2.05, 4.69) is 10.0 Å². The van der Waals surface area contributed by atoms with Crippen molar-refractivity contribution in [2.75, 3.05) is 20.3 Å². The lowest BCUT2D eigenvalue weighted by Crippen LogP contribution is -2.28. The van der Waals surface area contributed by atoms with Gasteiger partial charge in [0.15, 0.2) is 0 Å². The maximum atomic E-state index is 12.0. The molecule has 0 radical (unpaired) electrons. The molecule has 5 nitrogen and oxygen atoms in total. The fraction of sp³-hybridized carbons (Fsp3) is 0.636. The van der Waals surface area contributed by atoms with Crippen LogP contribution >= 0.6 is 11.3 Å². The van der Waals surface area contributed by atoms with Crippen LogP contribution in [0.2, 0.25) is 0 Å². The van der Waals surface area contributed by atoms with Crippen LogP contribution in [0.15, 0.2) is 16.3 Å². The van der Waals surface area contributed by atoms with Gasteiger partial charge in [0.05, 0.1) is 11.5 Å². The van der Waals surface area contributed by atoms with Gasteiger partial charge in [0.1, 0.15) is 0 Å². The molecule has 0 aliphatic carbocycles. The molecule has 0 aromatic carbocycles. The number of ether oxygens (including phenoxy) is 1. The standard InChI is InChI=1S/C11H20N2O3S2/c1-9(2)12-8-10-11(4-7-17-10)18(14,15)13-5-6-16-3/h4,7,9,12-13H,5-6,8H2,1-3H3. The van der Waals surface area contributed by atoms with Crippen molar-refractivity contribution >= 4 is 21.4 Å². The van der Waals surface area contributed by atoms with Crippen molar-refractivity contribution in [3.05, 3.63) is 16.3 Å². The van der Waals surface area contributed by atoms with Crippen LogP contribution in [0.3, 0.4) is 0 Å². The summed E-state index contributed by atoms with van der Waals surface area (Å²) in [4.78, 5) is 1.19. The number of nitrogens with one attached hydrogen (secondary N) is 2. The molecular formula is C11H20N2O3S2. The van der Waals surface area contributed by atoms with Gasteiger partial charge >= 0.3 is 0 Å². The lowest BCUT2D eigenvalue weighted by molar-refractivity contribution is 0.204. The van der Waals surface area contributed by atoms with Crippen LogP contribution in [0.4, 0.5) is 0 Å². The first kappa shape index (κ1) is 15.6. The molecule has 1 heterocycles. The third-order valence-corrected chi connectivity index (χ3v) is 4.86. The number of sulfonamides is 1. The molecule has 1 aromatic rings. The Morgan fingerprint density at radius 2 is 2.17 bits per heavy atom. The predicted molar refractivity (Wildman–Crippen MR) is 73.4 cm³/mol. The highest BCUT2D eigenvalue weighted by Gasteiger charge is 2.19. The average Bonchev–Trinajstić information content (AvgIpc) is 2.75. The molecule has 0 saturated heterocycles. The lowest BCUT2D eigenvalue weighted by atomic mass is 10.4. The zero-order chi connectivity index (χ0) is 13.6. The second-order valence-electron chi connectivity index (χ2n) is 4.13. The Labute approximate surface area is 113 Å². The summed E-state index contributed by atoms with van der Waals surface area (Å²) in [6, 6.07) is 1.96. The maximum absolute atomic E-state index is 12.0. The van der Waals surface area contributed by atoms with Crippen LogP contribution < -0.4 is 10.0 Å². The predicted octanol–water partition coefficient (Wildman–Crippen LogP) is 1.17. The number of rotatable bonds is 8. The van der Waals surface area contributed by atoms with Crippen LogP contribution in [-0.2, 0) is 21.3 Å². The quantitative estimate of drug-likeness (QED) is 0.706. The van der Waals surface area contributed by atoms with Crippen molar-refractivity contribution < 1.29 is 13.2 Å². The SMILES string of the molecule is COCCNS(=O)(=O)c1ccsc1CNC(C)C.